The molecule has 2 aromatic rings. The summed E-state index contributed by atoms with van der Waals surface area (Å²) < 4.78 is 10.8. The van der Waals surface area contributed by atoms with Crippen molar-refractivity contribution in [2.75, 3.05) is 37.1 Å². The van der Waals surface area contributed by atoms with E-state index in [1.807, 2.05) is 6.92 Å². The summed E-state index contributed by atoms with van der Waals surface area (Å²) in [6, 6.07) is 6.81. The first-order valence-corrected chi connectivity index (χ1v) is 10.9. The highest BCUT2D eigenvalue weighted by Crippen LogP contribution is 2.36. The number of hydrogen-bond acceptors (Lipinski definition) is 7. The molecule has 1 fully saturated rings. The van der Waals surface area contributed by atoms with E-state index in [1.165, 1.54) is 7.11 Å². The molecule has 0 radical (unpaired) electrons. The molecule has 2 N–H and O–H groups in total. The lowest BCUT2D eigenvalue weighted by atomic mass is 9.92. The van der Waals surface area contributed by atoms with Crippen LogP contribution in [0.1, 0.15) is 51.0 Å². The zero-order chi connectivity index (χ0) is 22.2. The Morgan fingerprint density at radius 1 is 1.35 bits per heavy atom. The molecule has 1 aliphatic rings. The second-order valence-corrected chi connectivity index (χ2v) is 7.72. The number of carbonyl (C=O) groups is 1. The van der Waals surface area contributed by atoms with Crippen molar-refractivity contribution < 1.29 is 19.4 Å². The van der Waals surface area contributed by atoms with Crippen LogP contribution in [0.15, 0.2) is 30.6 Å². The van der Waals surface area contributed by atoms with Crippen LogP contribution >= 0.6 is 0 Å². The Balaban J connectivity index is 1.97. The lowest BCUT2D eigenvalue weighted by Crippen LogP contribution is -2.41. The largest absolute Gasteiger partial charge is 0.481 e. The lowest BCUT2D eigenvalue weighted by Gasteiger charge is -2.36. The molecule has 31 heavy (non-hydrogen) atoms. The Bertz CT molecular complexity index is 853. The number of hydrogen-bond donors (Lipinski definition) is 2. The van der Waals surface area contributed by atoms with Gasteiger partial charge in [-0.15, -0.1) is 0 Å². The minimum atomic E-state index is -0.788. The van der Waals surface area contributed by atoms with E-state index in [2.05, 4.69) is 45.3 Å². The molecule has 0 bridgehead atoms. The second kappa shape index (κ2) is 10.9. The maximum absolute atomic E-state index is 11.3. The molecule has 1 aromatic heterocycles. The molecular formula is C23H32N4O4. The Morgan fingerprint density at radius 3 is 2.71 bits per heavy atom. The number of ether oxygens (including phenoxy) is 2. The van der Waals surface area contributed by atoms with Gasteiger partial charge in [0, 0.05) is 13.2 Å². The molecule has 1 aromatic carbocycles. The molecule has 3 rings (SSSR count). The molecule has 2 unspecified atom stereocenters. The van der Waals surface area contributed by atoms with E-state index in [9.17, 15) is 9.90 Å². The van der Waals surface area contributed by atoms with Gasteiger partial charge in [-0.1, -0.05) is 13.0 Å². The number of anilines is 3. The maximum Gasteiger partial charge on any atom is 0.316 e. The lowest BCUT2D eigenvalue weighted by molar-refractivity contribution is -0.137. The van der Waals surface area contributed by atoms with Crippen molar-refractivity contribution in [3.63, 3.8) is 0 Å². The molecule has 1 aliphatic heterocycles. The van der Waals surface area contributed by atoms with Crippen LogP contribution in [0, 0.1) is 0 Å². The van der Waals surface area contributed by atoms with Crippen LogP contribution in [-0.2, 0) is 9.53 Å². The molecular weight excluding hydrogens is 396 g/mol. The van der Waals surface area contributed by atoms with Crippen molar-refractivity contribution in [1.82, 2.24) is 9.97 Å². The third-order valence-electron chi connectivity index (χ3n) is 5.72. The van der Waals surface area contributed by atoms with Gasteiger partial charge in [-0.2, -0.15) is 0 Å². The summed E-state index contributed by atoms with van der Waals surface area (Å²) in [4.78, 5) is 22.1. The first kappa shape index (κ1) is 22.8. The van der Waals surface area contributed by atoms with Crippen LogP contribution in [0.3, 0.4) is 0 Å². The normalized spacial score (nSPS) is 17.1. The van der Waals surface area contributed by atoms with E-state index in [0.29, 0.717) is 18.7 Å². The van der Waals surface area contributed by atoms with Gasteiger partial charge in [0.05, 0.1) is 55.6 Å². The number of carboxylic acids is 1. The summed E-state index contributed by atoms with van der Waals surface area (Å²) in [6.07, 6.45) is 6.34. The fourth-order valence-electron chi connectivity index (χ4n) is 4.10. The number of aliphatic carboxylic acids is 1. The van der Waals surface area contributed by atoms with Crippen LogP contribution in [0.5, 0.6) is 6.01 Å². The fraction of sp³-hybridized carbons (Fsp3) is 0.522. The predicted molar refractivity (Wildman–Crippen MR) is 120 cm³/mol. The zero-order valence-corrected chi connectivity index (χ0v) is 18.5. The highest BCUT2D eigenvalue weighted by molar-refractivity contribution is 5.77. The van der Waals surface area contributed by atoms with E-state index >= 15 is 0 Å². The summed E-state index contributed by atoms with van der Waals surface area (Å²) >= 11 is 0. The summed E-state index contributed by atoms with van der Waals surface area (Å²) in [5, 5.41) is 12.8. The monoisotopic (exact) mass is 428 g/mol. The van der Waals surface area contributed by atoms with Gasteiger partial charge in [-0.25, -0.2) is 9.97 Å². The highest BCUT2D eigenvalue weighted by Gasteiger charge is 2.24. The average Bonchev–Trinajstić information content (AvgIpc) is 2.80. The molecule has 8 nitrogen and oxygen atoms in total. The number of nitrogens with one attached hydrogen (secondary N) is 1. The molecule has 2 heterocycles. The first-order valence-electron chi connectivity index (χ1n) is 10.9. The molecule has 1 saturated heterocycles. The van der Waals surface area contributed by atoms with Crippen molar-refractivity contribution in [3.8, 4) is 6.01 Å². The van der Waals surface area contributed by atoms with E-state index in [-0.39, 0.29) is 12.3 Å². The number of nitrogens with zero attached hydrogens (tertiary/aromatic N) is 3. The molecule has 168 valence electrons. The fourth-order valence-corrected chi connectivity index (χ4v) is 4.10. The summed E-state index contributed by atoms with van der Waals surface area (Å²) in [5.41, 5.74) is 3.70. The third kappa shape index (κ3) is 5.85. The minimum absolute atomic E-state index is 0.0488. The Kier molecular flexibility index (Phi) is 8.06. The highest BCUT2D eigenvalue weighted by atomic mass is 16.5. The standard InChI is InChI=1S/C23H32N4O4/c1-4-16(12-22(28)29)17-8-9-21(27(5-2)19-7-6-10-31-15-19)20(11-17)26-18-13-24-23(30-3)25-14-18/h8-9,11,13-14,16,19,26H,4-7,10,12,15H2,1-3H3,(H,28,29). The van der Waals surface area contributed by atoms with Gasteiger partial charge in [0.2, 0.25) is 0 Å². The van der Waals surface area contributed by atoms with Gasteiger partial charge in [0.15, 0.2) is 0 Å². The number of benzene rings is 1. The van der Waals surface area contributed by atoms with Crippen LogP contribution in [0.25, 0.3) is 0 Å². The third-order valence-corrected chi connectivity index (χ3v) is 5.72. The van der Waals surface area contributed by atoms with Gasteiger partial charge in [-0.3, -0.25) is 4.79 Å². The van der Waals surface area contributed by atoms with Crippen molar-refractivity contribution in [2.45, 2.75) is 51.5 Å². The van der Waals surface area contributed by atoms with Gasteiger partial charge in [-0.05, 0) is 49.8 Å². The zero-order valence-electron chi connectivity index (χ0n) is 18.5. The number of carboxylic acid groups (broad SMARTS) is 1. The van der Waals surface area contributed by atoms with Crippen LogP contribution in [0.4, 0.5) is 17.1 Å². The first-order chi connectivity index (χ1) is 15.0. The molecule has 0 saturated carbocycles. The Labute approximate surface area is 183 Å². The molecule has 2 atom stereocenters. The number of methoxy groups -OCH3 is 1. The maximum atomic E-state index is 11.3. The minimum Gasteiger partial charge on any atom is -0.481 e. The van der Waals surface area contributed by atoms with Crippen molar-refractivity contribution >= 4 is 23.0 Å². The van der Waals surface area contributed by atoms with Crippen LogP contribution < -0.4 is 15.0 Å². The predicted octanol–water partition coefficient (Wildman–Crippen LogP) is 4.20. The summed E-state index contributed by atoms with van der Waals surface area (Å²) in [5.74, 6) is -0.837. The summed E-state index contributed by atoms with van der Waals surface area (Å²) in [6.45, 7) is 6.52. The van der Waals surface area contributed by atoms with Crippen molar-refractivity contribution in [2.24, 2.45) is 0 Å². The molecule has 0 aliphatic carbocycles. The van der Waals surface area contributed by atoms with Crippen molar-refractivity contribution in [3.05, 3.63) is 36.2 Å². The number of aromatic nitrogens is 2. The average molecular weight is 429 g/mol. The van der Waals surface area contributed by atoms with E-state index in [0.717, 1.165) is 55.0 Å². The number of likely N-dealkylation sites (N-methyl/N-ethyl adjacent to an activating group) is 1. The van der Waals surface area contributed by atoms with Gasteiger partial charge >= 0.3 is 12.0 Å². The van der Waals surface area contributed by atoms with Gasteiger partial charge < -0.3 is 24.8 Å². The Hall–Kier alpha value is -2.87. The van der Waals surface area contributed by atoms with Gasteiger partial charge in [0.1, 0.15) is 0 Å². The van der Waals surface area contributed by atoms with Crippen molar-refractivity contribution in [1.29, 1.82) is 0 Å². The number of rotatable bonds is 10. The quantitative estimate of drug-likeness (QED) is 0.581. The molecule has 8 heteroatoms. The Morgan fingerprint density at radius 2 is 2.13 bits per heavy atom. The van der Waals surface area contributed by atoms with E-state index in [4.69, 9.17) is 9.47 Å². The topological polar surface area (TPSA) is 96.8 Å². The second-order valence-electron chi connectivity index (χ2n) is 7.72. The van der Waals surface area contributed by atoms with Crippen LogP contribution in [0.2, 0.25) is 0 Å². The van der Waals surface area contributed by atoms with Crippen LogP contribution in [-0.4, -0.2) is 54.0 Å². The van der Waals surface area contributed by atoms with E-state index < -0.39 is 5.97 Å². The SMILES string of the molecule is CCC(CC(=O)O)c1ccc(N(CC)C2CCCOC2)c(Nc2cnc(OC)nc2)c1. The molecule has 0 amide bonds. The molecule has 0 spiro atoms. The smallest absolute Gasteiger partial charge is 0.316 e. The summed E-state index contributed by atoms with van der Waals surface area (Å²) in [7, 11) is 1.53. The van der Waals surface area contributed by atoms with Gasteiger partial charge in [0.25, 0.3) is 0 Å². The van der Waals surface area contributed by atoms with E-state index in [1.54, 1.807) is 12.4 Å².